The number of benzene rings is 1. The Kier molecular flexibility index (Phi) is 6.34. The average molecular weight is 275 g/mol. The van der Waals surface area contributed by atoms with Crippen molar-refractivity contribution in [3.05, 3.63) is 29.8 Å². The van der Waals surface area contributed by atoms with E-state index in [1.165, 1.54) is 50.1 Å². The summed E-state index contributed by atoms with van der Waals surface area (Å²) in [4.78, 5) is 5.11. The normalized spacial score (nSPS) is 15.7. The minimum atomic E-state index is 0.772. The molecule has 0 atom stereocenters. The fraction of sp³-hybridized carbons (Fsp3) is 0.647. The molecule has 0 radical (unpaired) electrons. The van der Waals surface area contributed by atoms with E-state index in [0.717, 1.165) is 26.1 Å². The molecule has 1 saturated heterocycles. The maximum Gasteiger partial charge on any atom is 0.0395 e. The smallest absolute Gasteiger partial charge is 0.0395 e. The second-order valence-corrected chi connectivity index (χ2v) is 5.82. The molecule has 112 valence electrons. The minimum absolute atomic E-state index is 0.772. The van der Waals surface area contributed by atoms with Gasteiger partial charge in [-0.1, -0.05) is 18.2 Å². The Balaban J connectivity index is 1.87. The van der Waals surface area contributed by atoms with Crippen molar-refractivity contribution < 1.29 is 0 Å². The summed E-state index contributed by atoms with van der Waals surface area (Å²) in [5.41, 5.74) is 8.43. The topological polar surface area (TPSA) is 32.5 Å². The van der Waals surface area contributed by atoms with Crippen molar-refractivity contribution in [2.45, 2.75) is 32.6 Å². The minimum Gasteiger partial charge on any atom is -0.371 e. The van der Waals surface area contributed by atoms with Crippen LogP contribution in [-0.4, -0.2) is 44.2 Å². The van der Waals surface area contributed by atoms with Gasteiger partial charge < -0.3 is 15.5 Å². The SMILES string of the molecule is Cc1ccccc1N(CCCN)CCCN1CCCC1. The maximum atomic E-state index is 5.69. The van der Waals surface area contributed by atoms with E-state index >= 15 is 0 Å². The van der Waals surface area contributed by atoms with Crippen LogP contribution in [0.4, 0.5) is 5.69 Å². The summed E-state index contributed by atoms with van der Waals surface area (Å²) in [7, 11) is 0. The van der Waals surface area contributed by atoms with Crippen LogP contribution < -0.4 is 10.6 Å². The molecular formula is C17H29N3. The van der Waals surface area contributed by atoms with Gasteiger partial charge in [0.1, 0.15) is 0 Å². The molecule has 1 aliphatic rings. The van der Waals surface area contributed by atoms with Crippen molar-refractivity contribution >= 4 is 5.69 Å². The highest BCUT2D eigenvalue weighted by Gasteiger charge is 2.12. The van der Waals surface area contributed by atoms with Crippen molar-refractivity contribution in [1.82, 2.24) is 4.90 Å². The molecule has 1 heterocycles. The summed E-state index contributed by atoms with van der Waals surface area (Å²) in [6.07, 6.45) is 5.08. The molecule has 0 bridgehead atoms. The van der Waals surface area contributed by atoms with Gasteiger partial charge in [0, 0.05) is 18.8 Å². The molecule has 1 fully saturated rings. The van der Waals surface area contributed by atoms with Crippen molar-refractivity contribution in [2.24, 2.45) is 5.73 Å². The highest BCUT2D eigenvalue weighted by Crippen LogP contribution is 2.20. The zero-order valence-corrected chi connectivity index (χ0v) is 12.9. The number of likely N-dealkylation sites (tertiary alicyclic amines) is 1. The number of para-hydroxylation sites is 1. The van der Waals surface area contributed by atoms with Crippen molar-refractivity contribution in [2.75, 3.05) is 44.2 Å². The van der Waals surface area contributed by atoms with Crippen LogP contribution >= 0.6 is 0 Å². The fourth-order valence-electron chi connectivity index (χ4n) is 3.04. The van der Waals surface area contributed by atoms with Gasteiger partial charge in [-0.15, -0.1) is 0 Å². The maximum absolute atomic E-state index is 5.69. The molecule has 1 aromatic rings. The predicted octanol–water partition coefficient (Wildman–Crippen LogP) is 2.64. The van der Waals surface area contributed by atoms with Crippen LogP contribution in [0.15, 0.2) is 24.3 Å². The van der Waals surface area contributed by atoms with Gasteiger partial charge in [0.05, 0.1) is 0 Å². The zero-order valence-electron chi connectivity index (χ0n) is 12.9. The largest absolute Gasteiger partial charge is 0.371 e. The molecular weight excluding hydrogens is 246 g/mol. The Morgan fingerprint density at radius 3 is 2.50 bits per heavy atom. The first-order chi connectivity index (χ1) is 9.81. The molecule has 0 aromatic heterocycles. The van der Waals surface area contributed by atoms with Gasteiger partial charge in [-0.05, 0) is 70.4 Å². The fourth-order valence-corrected chi connectivity index (χ4v) is 3.04. The molecule has 2 N–H and O–H groups in total. The summed E-state index contributed by atoms with van der Waals surface area (Å²) < 4.78 is 0. The molecule has 0 spiro atoms. The quantitative estimate of drug-likeness (QED) is 0.791. The van der Waals surface area contributed by atoms with E-state index in [1.807, 2.05) is 0 Å². The molecule has 3 heteroatoms. The first-order valence-electron chi connectivity index (χ1n) is 8.04. The summed E-state index contributed by atoms with van der Waals surface area (Å²) in [5.74, 6) is 0. The Hall–Kier alpha value is -1.06. The third-order valence-electron chi connectivity index (χ3n) is 4.19. The first-order valence-corrected chi connectivity index (χ1v) is 8.04. The van der Waals surface area contributed by atoms with Gasteiger partial charge in [0.2, 0.25) is 0 Å². The summed E-state index contributed by atoms with van der Waals surface area (Å²) in [5, 5.41) is 0. The van der Waals surface area contributed by atoms with Crippen molar-refractivity contribution in [1.29, 1.82) is 0 Å². The van der Waals surface area contributed by atoms with Gasteiger partial charge in [-0.25, -0.2) is 0 Å². The third-order valence-corrected chi connectivity index (χ3v) is 4.19. The summed E-state index contributed by atoms with van der Waals surface area (Å²) >= 11 is 0. The van der Waals surface area contributed by atoms with Crippen LogP contribution in [0.25, 0.3) is 0 Å². The summed E-state index contributed by atoms with van der Waals surface area (Å²) in [6.45, 7) is 9.02. The number of hydrogen-bond donors (Lipinski definition) is 1. The number of aryl methyl sites for hydroxylation is 1. The van der Waals surface area contributed by atoms with Crippen LogP contribution in [0, 0.1) is 6.92 Å². The predicted molar refractivity (Wildman–Crippen MR) is 87.4 cm³/mol. The van der Waals surface area contributed by atoms with E-state index in [0.29, 0.717) is 0 Å². The number of nitrogens with zero attached hydrogens (tertiary/aromatic N) is 2. The van der Waals surface area contributed by atoms with Crippen molar-refractivity contribution in [3.63, 3.8) is 0 Å². The Morgan fingerprint density at radius 2 is 1.80 bits per heavy atom. The molecule has 0 aliphatic carbocycles. The standard InChI is InChI=1S/C17H29N3/c1-16-8-2-3-9-17(16)20(14-6-10-18)15-7-13-19-11-4-5-12-19/h2-3,8-9H,4-7,10-15,18H2,1H3. The van der Waals surface area contributed by atoms with Gasteiger partial charge >= 0.3 is 0 Å². The van der Waals surface area contributed by atoms with Crippen LogP contribution in [0.2, 0.25) is 0 Å². The van der Waals surface area contributed by atoms with Crippen LogP contribution in [0.1, 0.15) is 31.2 Å². The molecule has 0 unspecified atom stereocenters. The van der Waals surface area contributed by atoms with Gasteiger partial charge in [-0.2, -0.15) is 0 Å². The monoisotopic (exact) mass is 275 g/mol. The highest BCUT2D eigenvalue weighted by atomic mass is 15.2. The number of anilines is 1. The van der Waals surface area contributed by atoms with Gasteiger partial charge in [-0.3, -0.25) is 0 Å². The molecule has 3 nitrogen and oxygen atoms in total. The lowest BCUT2D eigenvalue weighted by molar-refractivity contribution is 0.334. The van der Waals surface area contributed by atoms with E-state index in [1.54, 1.807) is 0 Å². The Morgan fingerprint density at radius 1 is 1.10 bits per heavy atom. The Labute approximate surface area is 123 Å². The lowest BCUT2D eigenvalue weighted by Gasteiger charge is -2.27. The van der Waals surface area contributed by atoms with Crippen LogP contribution in [-0.2, 0) is 0 Å². The number of rotatable bonds is 8. The van der Waals surface area contributed by atoms with Gasteiger partial charge in [0.15, 0.2) is 0 Å². The van der Waals surface area contributed by atoms with E-state index in [2.05, 4.69) is 41.0 Å². The van der Waals surface area contributed by atoms with Crippen LogP contribution in [0.5, 0.6) is 0 Å². The van der Waals surface area contributed by atoms with Gasteiger partial charge in [0.25, 0.3) is 0 Å². The second-order valence-electron chi connectivity index (χ2n) is 5.82. The number of nitrogens with two attached hydrogens (primary N) is 1. The zero-order chi connectivity index (χ0) is 14.2. The Bertz CT molecular complexity index is 386. The third kappa shape index (κ3) is 4.50. The van der Waals surface area contributed by atoms with Crippen molar-refractivity contribution in [3.8, 4) is 0 Å². The lowest BCUT2D eigenvalue weighted by Crippen LogP contribution is -2.31. The second kappa shape index (κ2) is 8.28. The lowest BCUT2D eigenvalue weighted by atomic mass is 10.1. The molecule has 1 aliphatic heterocycles. The van der Waals surface area contributed by atoms with E-state index < -0.39 is 0 Å². The average Bonchev–Trinajstić information content (AvgIpc) is 2.97. The van der Waals surface area contributed by atoms with E-state index in [9.17, 15) is 0 Å². The first kappa shape index (κ1) is 15.3. The summed E-state index contributed by atoms with van der Waals surface area (Å²) in [6, 6.07) is 8.69. The van der Waals surface area contributed by atoms with E-state index in [4.69, 9.17) is 5.73 Å². The number of hydrogen-bond acceptors (Lipinski definition) is 3. The van der Waals surface area contributed by atoms with E-state index in [-0.39, 0.29) is 0 Å². The molecule has 20 heavy (non-hydrogen) atoms. The molecule has 0 amide bonds. The molecule has 2 rings (SSSR count). The highest BCUT2D eigenvalue weighted by molar-refractivity contribution is 5.52. The molecule has 1 aromatic carbocycles. The van der Waals surface area contributed by atoms with Crippen LogP contribution in [0.3, 0.4) is 0 Å². The molecule has 0 saturated carbocycles.